The largest absolute Gasteiger partial charge is 0.394 e. The highest BCUT2D eigenvalue weighted by atomic mass is 16.7. The summed E-state index contributed by atoms with van der Waals surface area (Å²) in [5.74, 6) is -1.96. The van der Waals surface area contributed by atoms with Gasteiger partial charge in [-0.2, -0.15) is 0 Å². The molecule has 15 atom stereocenters. The van der Waals surface area contributed by atoms with Crippen molar-refractivity contribution in [3.05, 3.63) is 0 Å². The molecule has 3 rings (SSSR count). The summed E-state index contributed by atoms with van der Waals surface area (Å²) in [5, 5.41) is 90.0. The quantitative estimate of drug-likeness (QED) is 0.107. The first-order valence-corrected chi connectivity index (χ1v) is 13.5. The van der Waals surface area contributed by atoms with Gasteiger partial charge < -0.3 is 80.5 Å². The Labute approximate surface area is 245 Å². The van der Waals surface area contributed by atoms with E-state index in [-0.39, 0.29) is 0 Å². The van der Waals surface area contributed by atoms with Crippen LogP contribution in [0.1, 0.15) is 20.8 Å². The van der Waals surface area contributed by atoms with Crippen molar-refractivity contribution in [2.24, 2.45) is 0 Å². The summed E-state index contributed by atoms with van der Waals surface area (Å²) in [5.41, 5.74) is 0. The maximum atomic E-state index is 12.1. The molecule has 248 valence electrons. The molecule has 0 radical (unpaired) electrons. The van der Waals surface area contributed by atoms with Gasteiger partial charge in [0.25, 0.3) is 0 Å². The minimum atomic E-state index is -1.77. The van der Waals surface area contributed by atoms with Gasteiger partial charge in [-0.15, -0.1) is 0 Å². The van der Waals surface area contributed by atoms with E-state index in [1.165, 1.54) is 0 Å². The SMILES string of the molecule is CC(=O)N[C@H]1[C@H](O[C@H]2[C@H](O)[C@H](NC(C)=O)C(O)O[C@@H]2CO)O[C@H](CO)[C@@H](O[C@@H]2O[C@H](CO)[C@@H](O)[C@H](O)[C@H]2NC(C)=O)[C@@H]1O. The van der Waals surface area contributed by atoms with Crippen molar-refractivity contribution in [1.82, 2.24) is 16.0 Å². The Hall–Kier alpha value is -2.11. The monoisotopic (exact) mass is 627 g/mol. The molecule has 3 heterocycles. The minimum Gasteiger partial charge on any atom is -0.394 e. The second-order valence-electron chi connectivity index (χ2n) is 10.5. The number of rotatable bonds is 10. The Morgan fingerprint density at radius 1 is 0.558 bits per heavy atom. The van der Waals surface area contributed by atoms with E-state index in [9.17, 15) is 55.2 Å². The Kier molecular flexibility index (Phi) is 12.5. The van der Waals surface area contributed by atoms with Crippen molar-refractivity contribution in [3.8, 4) is 0 Å². The molecule has 0 aromatic heterocycles. The smallest absolute Gasteiger partial charge is 0.217 e. The van der Waals surface area contributed by atoms with E-state index < -0.39 is 129 Å². The molecule has 3 aliphatic heterocycles. The lowest BCUT2D eigenvalue weighted by Crippen LogP contribution is -2.71. The third kappa shape index (κ3) is 8.14. The fourth-order valence-electron chi connectivity index (χ4n) is 5.28. The van der Waals surface area contributed by atoms with Gasteiger partial charge in [0.05, 0.1) is 19.8 Å². The molecule has 11 N–H and O–H groups in total. The van der Waals surface area contributed by atoms with Crippen molar-refractivity contribution < 1.29 is 78.9 Å². The zero-order valence-electron chi connectivity index (χ0n) is 23.6. The lowest BCUT2D eigenvalue weighted by Gasteiger charge is -2.49. The number of amides is 3. The van der Waals surface area contributed by atoms with Gasteiger partial charge in [-0.3, -0.25) is 14.4 Å². The second kappa shape index (κ2) is 15.3. The van der Waals surface area contributed by atoms with Crippen LogP contribution in [0.15, 0.2) is 0 Å². The van der Waals surface area contributed by atoms with Crippen LogP contribution in [0, 0.1) is 0 Å². The molecule has 1 unspecified atom stereocenters. The Morgan fingerprint density at radius 3 is 1.37 bits per heavy atom. The van der Waals surface area contributed by atoms with Gasteiger partial charge in [-0.1, -0.05) is 0 Å². The average molecular weight is 628 g/mol. The van der Waals surface area contributed by atoms with Gasteiger partial charge in [0.2, 0.25) is 17.7 Å². The normalized spacial score (nSPS) is 43.5. The van der Waals surface area contributed by atoms with E-state index in [4.69, 9.17) is 23.7 Å². The number of aliphatic hydroxyl groups is 8. The predicted molar refractivity (Wildman–Crippen MR) is 136 cm³/mol. The standard InChI is InChI=1S/C24H41N3O16/c1-7(31)25-13-18(36)20(11(5-29)39-22(13)38)42-24-15(27-9(3)33)19(37)21(12(6-30)41-24)43-23-14(26-8(2)32)17(35)16(34)10(4-28)40-23/h10-24,28-30,34-38H,4-6H2,1-3H3,(H,25,31)(H,26,32)(H,27,33)/t10-,11-,12-,13+,14-,15-,16-,17-,18-,19-,20-,21-,22?,23+,24+/m1/s1. The van der Waals surface area contributed by atoms with Crippen LogP contribution in [0.3, 0.4) is 0 Å². The number of carbonyl (C=O) groups excluding carboxylic acids is 3. The molecule has 19 heteroatoms. The Balaban J connectivity index is 1.89. The molecule has 3 aliphatic rings. The molecule has 0 saturated carbocycles. The van der Waals surface area contributed by atoms with Crippen LogP contribution in [-0.2, 0) is 38.1 Å². The van der Waals surface area contributed by atoms with Gasteiger partial charge >= 0.3 is 0 Å². The molecule has 3 amide bonds. The van der Waals surface area contributed by atoms with Crippen LogP contribution in [0.5, 0.6) is 0 Å². The molecule has 0 aromatic rings. The zero-order chi connectivity index (χ0) is 32.2. The van der Waals surface area contributed by atoms with Gasteiger partial charge in [-0.25, -0.2) is 0 Å². The Morgan fingerprint density at radius 2 is 0.930 bits per heavy atom. The lowest BCUT2D eigenvalue weighted by atomic mass is 9.93. The number of aliphatic hydroxyl groups excluding tert-OH is 8. The molecule has 0 spiro atoms. The summed E-state index contributed by atoms with van der Waals surface area (Å²) in [6, 6.07) is -4.31. The summed E-state index contributed by atoms with van der Waals surface area (Å²) < 4.78 is 28.3. The van der Waals surface area contributed by atoms with E-state index in [0.717, 1.165) is 20.8 Å². The lowest BCUT2D eigenvalue weighted by molar-refractivity contribution is -0.351. The van der Waals surface area contributed by atoms with E-state index in [2.05, 4.69) is 16.0 Å². The molecule has 0 bridgehead atoms. The maximum absolute atomic E-state index is 12.1. The van der Waals surface area contributed by atoms with Crippen LogP contribution < -0.4 is 16.0 Å². The number of ether oxygens (including phenoxy) is 5. The van der Waals surface area contributed by atoms with Crippen molar-refractivity contribution in [3.63, 3.8) is 0 Å². The third-order valence-electron chi connectivity index (χ3n) is 7.30. The number of nitrogens with one attached hydrogen (secondary N) is 3. The first-order valence-electron chi connectivity index (χ1n) is 13.5. The highest BCUT2D eigenvalue weighted by molar-refractivity contribution is 5.74. The fourth-order valence-corrected chi connectivity index (χ4v) is 5.28. The fraction of sp³-hybridized carbons (Fsp3) is 0.875. The van der Waals surface area contributed by atoms with Crippen molar-refractivity contribution in [2.45, 2.75) is 113 Å². The number of hydrogen-bond donors (Lipinski definition) is 11. The van der Waals surface area contributed by atoms with Gasteiger partial charge in [0, 0.05) is 20.8 Å². The van der Waals surface area contributed by atoms with Crippen LogP contribution in [0.25, 0.3) is 0 Å². The van der Waals surface area contributed by atoms with Gasteiger partial charge in [0.15, 0.2) is 18.9 Å². The topological polar surface area (TPSA) is 295 Å². The summed E-state index contributed by atoms with van der Waals surface area (Å²) in [6.07, 6.45) is -19.0. The highest BCUT2D eigenvalue weighted by Crippen LogP contribution is 2.32. The minimum absolute atomic E-state index is 0.628. The van der Waals surface area contributed by atoms with Crippen molar-refractivity contribution in [1.29, 1.82) is 0 Å². The highest BCUT2D eigenvalue weighted by Gasteiger charge is 2.54. The molecular formula is C24H41N3O16. The number of hydrogen-bond acceptors (Lipinski definition) is 16. The maximum Gasteiger partial charge on any atom is 0.217 e. The first-order chi connectivity index (χ1) is 20.2. The van der Waals surface area contributed by atoms with Gasteiger partial charge in [-0.05, 0) is 0 Å². The predicted octanol–water partition coefficient (Wildman–Crippen LogP) is -7.14. The molecule has 0 aromatic carbocycles. The van der Waals surface area contributed by atoms with Crippen LogP contribution >= 0.6 is 0 Å². The van der Waals surface area contributed by atoms with Crippen molar-refractivity contribution in [2.75, 3.05) is 19.8 Å². The third-order valence-corrected chi connectivity index (χ3v) is 7.30. The molecule has 43 heavy (non-hydrogen) atoms. The number of carbonyl (C=O) groups is 3. The van der Waals surface area contributed by atoms with Crippen LogP contribution in [0.4, 0.5) is 0 Å². The van der Waals surface area contributed by atoms with Crippen LogP contribution in [-0.4, -0.2) is 170 Å². The molecule has 3 fully saturated rings. The van der Waals surface area contributed by atoms with Gasteiger partial charge in [0.1, 0.15) is 73.1 Å². The average Bonchev–Trinajstić information content (AvgIpc) is 2.94. The van der Waals surface area contributed by atoms with E-state index in [0.29, 0.717) is 0 Å². The van der Waals surface area contributed by atoms with E-state index >= 15 is 0 Å². The Bertz CT molecular complexity index is 962. The van der Waals surface area contributed by atoms with E-state index in [1.54, 1.807) is 0 Å². The molecule has 0 aliphatic carbocycles. The summed E-state index contributed by atoms with van der Waals surface area (Å²) >= 11 is 0. The summed E-state index contributed by atoms with van der Waals surface area (Å²) in [4.78, 5) is 35.5. The summed E-state index contributed by atoms with van der Waals surface area (Å²) in [6.45, 7) is 0.995. The first kappa shape index (κ1) is 35.4. The molecular weight excluding hydrogens is 586 g/mol. The van der Waals surface area contributed by atoms with Crippen LogP contribution in [0.2, 0.25) is 0 Å². The van der Waals surface area contributed by atoms with Crippen molar-refractivity contribution >= 4 is 17.7 Å². The second-order valence-corrected chi connectivity index (χ2v) is 10.5. The molecule has 19 nitrogen and oxygen atoms in total. The van der Waals surface area contributed by atoms with E-state index in [1.807, 2.05) is 0 Å². The zero-order valence-corrected chi connectivity index (χ0v) is 23.6. The summed E-state index contributed by atoms with van der Waals surface area (Å²) in [7, 11) is 0. The molecule has 3 saturated heterocycles.